The second kappa shape index (κ2) is 8.71. The molecule has 3 amide bonds. The highest BCUT2D eigenvalue weighted by molar-refractivity contribution is 5.97. The van der Waals surface area contributed by atoms with E-state index in [0.29, 0.717) is 56.1 Å². The van der Waals surface area contributed by atoms with Crippen LogP contribution in [0.2, 0.25) is 0 Å². The Balaban J connectivity index is 1.77. The minimum atomic E-state index is -0.682. The summed E-state index contributed by atoms with van der Waals surface area (Å²) in [4.78, 5) is 41.0. The lowest BCUT2D eigenvalue weighted by Crippen LogP contribution is -2.46. The Morgan fingerprint density at radius 2 is 2.03 bits per heavy atom. The van der Waals surface area contributed by atoms with Gasteiger partial charge in [-0.05, 0) is 38.5 Å². The number of hydrogen-bond acceptors (Lipinski definition) is 5. The second-order valence-electron chi connectivity index (χ2n) is 7.46. The molecule has 1 aromatic carbocycles. The maximum absolute atomic E-state index is 12.7. The average Bonchev–Trinajstić information content (AvgIpc) is 2.96. The molecule has 0 bridgehead atoms. The molecule has 1 aromatic rings. The normalized spacial score (nSPS) is 21.6. The SMILES string of the molecule is CCN(CC)C(=O)CN1CCC2(CCC1=O)CNC(=O)c1cc(OC)ccc1O2. The van der Waals surface area contributed by atoms with Crippen molar-refractivity contribution < 1.29 is 23.9 Å². The van der Waals surface area contributed by atoms with E-state index in [1.54, 1.807) is 35.1 Å². The molecule has 29 heavy (non-hydrogen) atoms. The zero-order valence-corrected chi connectivity index (χ0v) is 17.3. The minimum absolute atomic E-state index is 0.0492. The summed E-state index contributed by atoms with van der Waals surface area (Å²) in [5.41, 5.74) is -0.261. The van der Waals surface area contributed by atoms with Crippen LogP contribution in [0.1, 0.15) is 43.5 Å². The third-order valence-corrected chi connectivity index (χ3v) is 5.76. The Hall–Kier alpha value is -2.77. The van der Waals surface area contributed by atoms with E-state index in [1.165, 1.54) is 0 Å². The maximum atomic E-state index is 12.7. The van der Waals surface area contributed by atoms with E-state index >= 15 is 0 Å². The van der Waals surface area contributed by atoms with Crippen LogP contribution in [0.4, 0.5) is 0 Å². The van der Waals surface area contributed by atoms with Gasteiger partial charge in [0.25, 0.3) is 5.91 Å². The molecule has 8 heteroatoms. The number of carbonyl (C=O) groups is 3. The molecule has 2 aliphatic rings. The Bertz CT molecular complexity index is 793. The molecule has 2 heterocycles. The van der Waals surface area contributed by atoms with Gasteiger partial charge in [-0.25, -0.2) is 0 Å². The fourth-order valence-corrected chi connectivity index (χ4v) is 3.88. The van der Waals surface area contributed by atoms with E-state index in [4.69, 9.17) is 9.47 Å². The molecular formula is C21H29N3O5. The Morgan fingerprint density at radius 1 is 1.28 bits per heavy atom. The van der Waals surface area contributed by atoms with Crippen molar-refractivity contribution in [2.75, 3.05) is 39.8 Å². The van der Waals surface area contributed by atoms with E-state index < -0.39 is 5.60 Å². The summed E-state index contributed by atoms with van der Waals surface area (Å²) >= 11 is 0. The number of benzene rings is 1. The van der Waals surface area contributed by atoms with Gasteiger partial charge in [0.15, 0.2) is 0 Å². The van der Waals surface area contributed by atoms with E-state index in [-0.39, 0.29) is 30.7 Å². The molecule has 1 atom stereocenters. The van der Waals surface area contributed by atoms with Gasteiger partial charge < -0.3 is 24.6 Å². The molecular weight excluding hydrogens is 374 g/mol. The van der Waals surface area contributed by atoms with Gasteiger partial charge in [-0.3, -0.25) is 14.4 Å². The summed E-state index contributed by atoms with van der Waals surface area (Å²) in [5, 5.41) is 2.92. The number of methoxy groups -OCH3 is 1. The van der Waals surface area contributed by atoms with Crippen molar-refractivity contribution in [3.05, 3.63) is 23.8 Å². The molecule has 158 valence electrons. The quantitative estimate of drug-likeness (QED) is 0.804. The molecule has 0 aliphatic carbocycles. The molecule has 1 spiro atoms. The molecule has 0 radical (unpaired) electrons. The minimum Gasteiger partial charge on any atom is -0.497 e. The van der Waals surface area contributed by atoms with Crippen LogP contribution in [0.15, 0.2) is 18.2 Å². The number of ether oxygens (including phenoxy) is 2. The van der Waals surface area contributed by atoms with E-state index in [2.05, 4.69) is 5.32 Å². The molecule has 3 rings (SSSR count). The summed E-state index contributed by atoms with van der Waals surface area (Å²) < 4.78 is 11.5. The van der Waals surface area contributed by atoms with Crippen LogP contribution in [-0.2, 0) is 9.59 Å². The van der Waals surface area contributed by atoms with Crippen LogP contribution in [0.3, 0.4) is 0 Å². The highest BCUT2D eigenvalue weighted by Gasteiger charge is 2.40. The molecule has 1 unspecified atom stereocenters. The van der Waals surface area contributed by atoms with Crippen LogP contribution in [-0.4, -0.2) is 73.0 Å². The lowest BCUT2D eigenvalue weighted by atomic mass is 9.94. The Labute approximate surface area is 171 Å². The van der Waals surface area contributed by atoms with E-state index in [1.807, 2.05) is 13.8 Å². The largest absolute Gasteiger partial charge is 0.497 e. The summed E-state index contributed by atoms with van der Waals surface area (Å²) in [7, 11) is 1.55. The third kappa shape index (κ3) is 4.46. The van der Waals surface area contributed by atoms with Crippen LogP contribution in [0.25, 0.3) is 0 Å². The maximum Gasteiger partial charge on any atom is 0.255 e. The first-order valence-corrected chi connectivity index (χ1v) is 10.1. The first-order valence-electron chi connectivity index (χ1n) is 10.1. The fourth-order valence-electron chi connectivity index (χ4n) is 3.88. The molecule has 1 saturated heterocycles. The Morgan fingerprint density at radius 3 is 2.72 bits per heavy atom. The lowest BCUT2D eigenvalue weighted by Gasteiger charge is -2.32. The third-order valence-electron chi connectivity index (χ3n) is 5.76. The van der Waals surface area contributed by atoms with Crippen molar-refractivity contribution in [1.82, 2.24) is 15.1 Å². The van der Waals surface area contributed by atoms with Crippen LogP contribution >= 0.6 is 0 Å². The summed E-state index contributed by atoms with van der Waals surface area (Å²) in [6, 6.07) is 5.14. The fraction of sp³-hybridized carbons (Fsp3) is 0.571. The van der Waals surface area contributed by atoms with Crippen molar-refractivity contribution in [3.63, 3.8) is 0 Å². The number of nitrogens with zero attached hydrogens (tertiary/aromatic N) is 2. The Kier molecular flexibility index (Phi) is 6.30. The summed E-state index contributed by atoms with van der Waals surface area (Å²) in [6.07, 6.45) is 1.29. The van der Waals surface area contributed by atoms with E-state index in [9.17, 15) is 14.4 Å². The van der Waals surface area contributed by atoms with Crippen LogP contribution in [0.5, 0.6) is 11.5 Å². The van der Waals surface area contributed by atoms with Crippen LogP contribution in [0, 0.1) is 0 Å². The van der Waals surface area contributed by atoms with Crippen molar-refractivity contribution in [3.8, 4) is 11.5 Å². The van der Waals surface area contributed by atoms with Gasteiger partial charge in [0, 0.05) is 32.5 Å². The van der Waals surface area contributed by atoms with Gasteiger partial charge in [-0.1, -0.05) is 0 Å². The topological polar surface area (TPSA) is 88.2 Å². The van der Waals surface area contributed by atoms with E-state index in [0.717, 1.165) is 0 Å². The van der Waals surface area contributed by atoms with Crippen molar-refractivity contribution in [2.45, 2.75) is 38.7 Å². The highest BCUT2D eigenvalue weighted by Crippen LogP contribution is 2.34. The van der Waals surface area contributed by atoms with Crippen molar-refractivity contribution >= 4 is 17.7 Å². The predicted molar refractivity (Wildman–Crippen MR) is 107 cm³/mol. The van der Waals surface area contributed by atoms with Crippen molar-refractivity contribution in [2.24, 2.45) is 0 Å². The van der Waals surface area contributed by atoms with Gasteiger partial charge >= 0.3 is 0 Å². The first-order chi connectivity index (χ1) is 13.9. The summed E-state index contributed by atoms with van der Waals surface area (Å²) in [6.45, 7) is 5.90. The number of amides is 3. The number of likely N-dealkylation sites (tertiary alicyclic amines) is 1. The van der Waals surface area contributed by atoms with Gasteiger partial charge in [0.05, 0.1) is 25.8 Å². The smallest absolute Gasteiger partial charge is 0.255 e. The van der Waals surface area contributed by atoms with Gasteiger partial charge in [-0.15, -0.1) is 0 Å². The zero-order chi connectivity index (χ0) is 21.0. The molecule has 0 aromatic heterocycles. The summed E-state index contributed by atoms with van der Waals surface area (Å²) in [5.74, 6) is 0.736. The number of carbonyl (C=O) groups excluding carboxylic acids is 3. The lowest BCUT2D eigenvalue weighted by molar-refractivity contribution is -0.140. The number of hydrogen-bond donors (Lipinski definition) is 1. The molecule has 0 saturated carbocycles. The van der Waals surface area contributed by atoms with Crippen LogP contribution < -0.4 is 14.8 Å². The molecule has 2 aliphatic heterocycles. The first kappa shape index (κ1) is 21.0. The number of fused-ring (bicyclic) bond motifs is 1. The number of rotatable bonds is 5. The van der Waals surface area contributed by atoms with Crippen molar-refractivity contribution in [1.29, 1.82) is 0 Å². The second-order valence-corrected chi connectivity index (χ2v) is 7.46. The average molecular weight is 403 g/mol. The predicted octanol–water partition coefficient (Wildman–Crippen LogP) is 1.44. The number of likely N-dealkylation sites (N-methyl/N-ethyl adjacent to an activating group) is 1. The molecule has 8 nitrogen and oxygen atoms in total. The van der Waals surface area contributed by atoms with Gasteiger partial charge in [0.2, 0.25) is 11.8 Å². The zero-order valence-electron chi connectivity index (χ0n) is 17.3. The standard InChI is InChI=1S/C21H29N3O5/c1-4-23(5-2)19(26)13-24-11-10-21(9-8-18(24)25)14-22-20(27)16-12-15(28-3)6-7-17(16)29-21/h6-7,12H,4-5,8-11,13-14H2,1-3H3,(H,22,27). The molecule has 1 fully saturated rings. The molecule has 1 N–H and O–H groups in total. The highest BCUT2D eigenvalue weighted by atomic mass is 16.5. The van der Waals surface area contributed by atoms with Gasteiger partial charge in [-0.2, -0.15) is 0 Å². The monoisotopic (exact) mass is 403 g/mol. The number of nitrogens with one attached hydrogen (secondary N) is 1. The van der Waals surface area contributed by atoms with Gasteiger partial charge in [0.1, 0.15) is 17.1 Å².